The highest BCUT2D eigenvalue weighted by Gasteiger charge is 2.09. The van der Waals surface area contributed by atoms with Gasteiger partial charge in [-0.2, -0.15) is 0 Å². The first-order valence-corrected chi connectivity index (χ1v) is 8.35. The first-order chi connectivity index (χ1) is 10.2. The number of nitrogens with zero attached hydrogens (tertiary/aromatic N) is 2. The van der Waals surface area contributed by atoms with Gasteiger partial charge >= 0.3 is 6.03 Å². The summed E-state index contributed by atoms with van der Waals surface area (Å²) in [7, 11) is 0. The second-order valence-corrected chi connectivity index (χ2v) is 6.16. The van der Waals surface area contributed by atoms with Crippen LogP contribution in [-0.2, 0) is 11.2 Å². The Labute approximate surface area is 129 Å². The number of morpholine rings is 1. The Morgan fingerprint density at radius 2 is 2.14 bits per heavy atom. The largest absolute Gasteiger partial charge is 0.379 e. The minimum atomic E-state index is -0.0936. The van der Waals surface area contributed by atoms with E-state index in [1.165, 1.54) is 0 Å². The van der Waals surface area contributed by atoms with Gasteiger partial charge in [0, 0.05) is 38.0 Å². The van der Waals surface area contributed by atoms with E-state index in [1.807, 2.05) is 12.3 Å². The van der Waals surface area contributed by atoms with Gasteiger partial charge in [-0.1, -0.05) is 0 Å². The van der Waals surface area contributed by atoms with Crippen LogP contribution in [0.25, 0.3) is 0 Å². The molecule has 1 aromatic rings. The molecule has 0 aliphatic carbocycles. The second kappa shape index (κ2) is 8.96. The number of carbonyl (C=O) groups excluding carboxylic acids is 1. The summed E-state index contributed by atoms with van der Waals surface area (Å²) in [6.07, 6.45) is 1.75. The summed E-state index contributed by atoms with van der Waals surface area (Å²) in [6.45, 7) is 7.98. The Morgan fingerprint density at radius 1 is 1.38 bits per heavy atom. The Morgan fingerprint density at radius 3 is 2.86 bits per heavy atom. The molecule has 21 heavy (non-hydrogen) atoms. The zero-order valence-corrected chi connectivity index (χ0v) is 13.4. The van der Waals surface area contributed by atoms with Gasteiger partial charge in [0.1, 0.15) is 0 Å². The van der Waals surface area contributed by atoms with E-state index in [4.69, 9.17) is 4.74 Å². The number of thiazole rings is 1. The third-order valence-corrected chi connectivity index (χ3v) is 4.20. The van der Waals surface area contributed by atoms with E-state index in [9.17, 15) is 4.79 Å². The van der Waals surface area contributed by atoms with Gasteiger partial charge in [-0.05, 0) is 19.9 Å². The van der Waals surface area contributed by atoms with Gasteiger partial charge in [-0.15, -0.1) is 11.3 Å². The van der Waals surface area contributed by atoms with Crippen LogP contribution in [0.4, 0.5) is 4.79 Å². The van der Waals surface area contributed by atoms with Crippen molar-refractivity contribution in [1.82, 2.24) is 20.5 Å². The highest BCUT2D eigenvalue weighted by molar-refractivity contribution is 7.09. The fourth-order valence-corrected chi connectivity index (χ4v) is 2.87. The molecular formula is C14H24N4O2S. The zero-order chi connectivity index (χ0) is 14.9. The maximum absolute atomic E-state index is 11.6. The van der Waals surface area contributed by atoms with Gasteiger partial charge in [0.2, 0.25) is 0 Å². The van der Waals surface area contributed by atoms with E-state index in [-0.39, 0.29) is 6.03 Å². The van der Waals surface area contributed by atoms with Gasteiger partial charge in [0.15, 0.2) is 0 Å². The van der Waals surface area contributed by atoms with Crippen LogP contribution >= 0.6 is 11.3 Å². The van der Waals surface area contributed by atoms with E-state index in [0.29, 0.717) is 13.1 Å². The molecule has 2 rings (SSSR count). The van der Waals surface area contributed by atoms with E-state index in [2.05, 4.69) is 20.5 Å². The number of hydrogen-bond donors (Lipinski definition) is 2. The number of nitrogens with one attached hydrogen (secondary N) is 2. The van der Waals surface area contributed by atoms with Crippen LogP contribution in [0.3, 0.4) is 0 Å². The monoisotopic (exact) mass is 312 g/mol. The molecule has 0 unspecified atom stereocenters. The van der Waals surface area contributed by atoms with Crippen LogP contribution < -0.4 is 10.6 Å². The van der Waals surface area contributed by atoms with Gasteiger partial charge in [-0.25, -0.2) is 9.78 Å². The lowest BCUT2D eigenvalue weighted by Gasteiger charge is -2.26. The summed E-state index contributed by atoms with van der Waals surface area (Å²) in [6, 6.07) is -0.0936. The lowest BCUT2D eigenvalue weighted by atomic mass is 10.3. The third kappa shape index (κ3) is 6.41. The van der Waals surface area contributed by atoms with Crippen LogP contribution in [0.1, 0.15) is 17.1 Å². The van der Waals surface area contributed by atoms with Crippen molar-refractivity contribution in [2.24, 2.45) is 0 Å². The topological polar surface area (TPSA) is 66.5 Å². The van der Waals surface area contributed by atoms with Crippen molar-refractivity contribution in [3.05, 3.63) is 16.1 Å². The van der Waals surface area contributed by atoms with Crippen LogP contribution in [0.5, 0.6) is 0 Å². The maximum atomic E-state index is 11.6. The predicted molar refractivity (Wildman–Crippen MR) is 83.8 cm³/mol. The summed E-state index contributed by atoms with van der Waals surface area (Å²) in [4.78, 5) is 18.4. The number of urea groups is 1. The molecule has 2 heterocycles. The SMILES string of the molecule is Cc1nc(CCNC(=O)NCCCN2CCOCC2)cs1. The smallest absolute Gasteiger partial charge is 0.314 e. The van der Waals surface area contributed by atoms with Crippen LogP contribution in [0.2, 0.25) is 0 Å². The van der Waals surface area contributed by atoms with Crippen LogP contribution in [0.15, 0.2) is 5.38 Å². The minimum absolute atomic E-state index is 0.0936. The average Bonchev–Trinajstić information content (AvgIpc) is 2.90. The fraction of sp³-hybridized carbons (Fsp3) is 0.714. The van der Waals surface area contributed by atoms with Crippen molar-refractivity contribution in [3.8, 4) is 0 Å². The Kier molecular flexibility index (Phi) is 6.91. The molecule has 0 atom stereocenters. The van der Waals surface area contributed by atoms with Crippen LogP contribution in [-0.4, -0.2) is 61.9 Å². The molecule has 0 spiro atoms. The highest BCUT2D eigenvalue weighted by Crippen LogP contribution is 2.07. The number of carbonyl (C=O) groups is 1. The molecule has 1 fully saturated rings. The minimum Gasteiger partial charge on any atom is -0.379 e. The Hall–Kier alpha value is -1.18. The summed E-state index contributed by atoms with van der Waals surface area (Å²) < 4.78 is 5.30. The van der Waals surface area contributed by atoms with Crippen molar-refractivity contribution in [1.29, 1.82) is 0 Å². The number of aryl methyl sites for hydroxylation is 1. The summed E-state index contributed by atoms with van der Waals surface area (Å²) in [5, 5.41) is 8.85. The molecule has 2 N–H and O–H groups in total. The molecule has 7 heteroatoms. The maximum Gasteiger partial charge on any atom is 0.314 e. The zero-order valence-electron chi connectivity index (χ0n) is 12.6. The van der Waals surface area contributed by atoms with Crippen molar-refractivity contribution in [2.45, 2.75) is 19.8 Å². The predicted octanol–water partition coefficient (Wildman–Crippen LogP) is 1.02. The molecule has 1 aliphatic heterocycles. The fourth-order valence-electron chi connectivity index (χ4n) is 2.22. The number of amides is 2. The number of hydrogen-bond acceptors (Lipinski definition) is 5. The molecule has 1 saturated heterocycles. The number of aromatic nitrogens is 1. The average molecular weight is 312 g/mol. The molecule has 0 bridgehead atoms. The second-order valence-electron chi connectivity index (χ2n) is 5.10. The molecule has 0 radical (unpaired) electrons. The van der Waals surface area contributed by atoms with Gasteiger partial charge in [0.25, 0.3) is 0 Å². The summed E-state index contributed by atoms with van der Waals surface area (Å²) in [5.74, 6) is 0. The van der Waals surface area contributed by atoms with E-state index >= 15 is 0 Å². The van der Waals surface area contributed by atoms with Crippen molar-refractivity contribution in [3.63, 3.8) is 0 Å². The van der Waals surface area contributed by atoms with Crippen molar-refractivity contribution < 1.29 is 9.53 Å². The number of ether oxygens (including phenoxy) is 1. The quantitative estimate of drug-likeness (QED) is 0.738. The normalized spacial score (nSPS) is 15.9. The summed E-state index contributed by atoms with van der Waals surface area (Å²) in [5.41, 5.74) is 1.05. The van der Waals surface area contributed by atoms with Gasteiger partial charge in [0.05, 0.1) is 23.9 Å². The molecule has 0 saturated carbocycles. The lowest BCUT2D eigenvalue weighted by Crippen LogP contribution is -2.40. The molecule has 118 valence electrons. The summed E-state index contributed by atoms with van der Waals surface area (Å²) >= 11 is 1.64. The van der Waals surface area contributed by atoms with Crippen molar-refractivity contribution in [2.75, 3.05) is 45.9 Å². The molecular weight excluding hydrogens is 288 g/mol. The molecule has 2 amide bonds. The van der Waals surface area contributed by atoms with E-state index < -0.39 is 0 Å². The first-order valence-electron chi connectivity index (χ1n) is 7.47. The first kappa shape index (κ1) is 16.2. The number of rotatable bonds is 7. The highest BCUT2D eigenvalue weighted by atomic mass is 32.1. The molecule has 1 aliphatic rings. The molecule has 1 aromatic heterocycles. The molecule has 0 aromatic carbocycles. The van der Waals surface area contributed by atoms with Gasteiger partial charge < -0.3 is 15.4 Å². The van der Waals surface area contributed by atoms with Crippen molar-refractivity contribution >= 4 is 17.4 Å². The lowest BCUT2D eigenvalue weighted by molar-refractivity contribution is 0.0375. The Balaban J connectivity index is 1.47. The molecule has 6 nitrogen and oxygen atoms in total. The Bertz CT molecular complexity index is 432. The standard InChI is InChI=1S/C14H24N4O2S/c1-12-17-13(11-21-12)3-5-16-14(19)15-4-2-6-18-7-9-20-10-8-18/h11H,2-10H2,1H3,(H2,15,16,19). The van der Waals surface area contributed by atoms with E-state index in [1.54, 1.807) is 11.3 Å². The van der Waals surface area contributed by atoms with E-state index in [0.717, 1.165) is 56.4 Å². The third-order valence-electron chi connectivity index (χ3n) is 3.37. The van der Waals surface area contributed by atoms with Crippen LogP contribution in [0, 0.1) is 6.92 Å². The van der Waals surface area contributed by atoms with Gasteiger partial charge in [-0.3, -0.25) is 4.90 Å².